The molecule has 1 atom stereocenters. The normalized spacial score (nSPS) is 15.0. The van der Waals surface area contributed by atoms with Crippen molar-refractivity contribution in [2.24, 2.45) is 5.92 Å². The monoisotopic (exact) mass is 420 g/mol. The maximum absolute atomic E-state index is 13.4. The molecule has 3 rings (SSSR count). The number of aromatic nitrogens is 3. The van der Waals surface area contributed by atoms with Crippen LogP contribution in [0.3, 0.4) is 0 Å². The smallest absolute Gasteiger partial charge is 0.233 e. The van der Waals surface area contributed by atoms with Crippen LogP contribution in [0.5, 0.6) is 0 Å². The highest BCUT2D eigenvalue weighted by Crippen LogP contribution is 2.30. The lowest BCUT2D eigenvalue weighted by Gasteiger charge is -2.22. The standard InChI is InChI=1S/C21H30FN5OS/c1-5-12-26(13-16-6-7-16)19(28)14-29-21-24-23-20(15(2)25(3)4)27(21)18-10-8-17(22)9-11-18/h8-11,15-16H,5-7,12-14H2,1-4H3/p+1/t15-/m0/s1. The fourth-order valence-electron chi connectivity index (χ4n) is 3.16. The Balaban J connectivity index is 1.80. The van der Waals surface area contributed by atoms with E-state index in [-0.39, 0.29) is 17.8 Å². The maximum Gasteiger partial charge on any atom is 0.233 e. The van der Waals surface area contributed by atoms with E-state index in [0.29, 0.717) is 16.8 Å². The molecule has 1 aliphatic rings. The molecule has 1 heterocycles. The van der Waals surface area contributed by atoms with Gasteiger partial charge < -0.3 is 9.80 Å². The average molecular weight is 421 g/mol. The van der Waals surface area contributed by atoms with E-state index in [0.717, 1.165) is 31.0 Å². The number of amides is 1. The SMILES string of the molecule is CCCN(CC1CC1)C(=O)CSc1nnc([C@H](C)[NH+](C)C)n1-c1ccc(F)cc1. The Hall–Kier alpha value is -1.93. The molecule has 0 unspecified atom stereocenters. The van der Waals surface area contributed by atoms with Crippen LogP contribution in [0.15, 0.2) is 29.4 Å². The van der Waals surface area contributed by atoms with Crippen molar-refractivity contribution < 1.29 is 14.1 Å². The minimum atomic E-state index is -0.283. The van der Waals surface area contributed by atoms with Crippen LogP contribution in [0.1, 0.15) is 45.0 Å². The predicted molar refractivity (Wildman–Crippen MR) is 113 cm³/mol. The molecule has 1 fully saturated rings. The van der Waals surface area contributed by atoms with Gasteiger partial charge in [0.25, 0.3) is 0 Å². The summed E-state index contributed by atoms with van der Waals surface area (Å²) >= 11 is 1.40. The van der Waals surface area contributed by atoms with Crippen molar-refractivity contribution in [3.05, 3.63) is 35.9 Å². The molecule has 0 saturated heterocycles. The van der Waals surface area contributed by atoms with Crippen molar-refractivity contribution in [2.45, 2.75) is 44.3 Å². The zero-order valence-electron chi connectivity index (χ0n) is 17.7. The molecule has 2 aromatic rings. The summed E-state index contributed by atoms with van der Waals surface area (Å²) in [4.78, 5) is 16.0. The van der Waals surface area contributed by atoms with Crippen molar-refractivity contribution in [3.8, 4) is 5.69 Å². The Bertz CT molecular complexity index is 819. The molecular formula is C21H31FN5OS+. The van der Waals surface area contributed by atoms with Crippen molar-refractivity contribution >= 4 is 17.7 Å². The number of nitrogens with one attached hydrogen (secondary N) is 1. The van der Waals surface area contributed by atoms with Gasteiger partial charge in [0.15, 0.2) is 11.0 Å². The molecule has 1 saturated carbocycles. The quantitative estimate of drug-likeness (QED) is 0.600. The molecule has 29 heavy (non-hydrogen) atoms. The van der Waals surface area contributed by atoms with Gasteiger partial charge in [-0.15, -0.1) is 10.2 Å². The summed E-state index contributed by atoms with van der Waals surface area (Å²) in [6.45, 7) is 5.84. The number of carbonyl (C=O) groups excluding carboxylic acids is 1. The van der Waals surface area contributed by atoms with E-state index in [2.05, 4.69) is 38.1 Å². The second-order valence-corrected chi connectivity index (χ2v) is 8.97. The zero-order valence-corrected chi connectivity index (χ0v) is 18.5. The lowest BCUT2D eigenvalue weighted by Crippen LogP contribution is -3.05. The first kappa shape index (κ1) is 21.8. The number of rotatable bonds is 10. The number of benzene rings is 1. The largest absolute Gasteiger partial charge is 0.342 e. The van der Waals surface area contributed by atoms with Crippen molar-refractivity contribution in [1.82, 2.24) is 19.7 Å². The fourth-order valence-corrected chi connectivity index (χ4v) is 4.03. The Morgan fingerprint density at radius 3 is 2.59 bits per heavy atom. The molecule has 1 aromatic carbocycles. The molecule has 6 nitrogen and oxygen atoms in total. The number of hydrogen-bond donors (Lipinski definition) is 1. The van der Waals surface area contributed by atoms with Crippen LogP contribution in [0.25, 0.3) is 5.69 Å². The highest BCUT2D eigenvalue weighted by atomic mass is 32.2. The Kier molecular flexibility index (Phi) is 7.29. The first-order valence-electron chi connectivity index (χ1n) is 10.3. The summed E-state index contributed by atoms with van der Waals surface area (Å²) in [6.07, 6.45) is 3.42. The minimum absolute atomic E-state index is 0.101. The van der Waals surface area contributed by atoms with Crippen molar-refractivity contribution in [1.29, 1.82) is 0 Å². The molecule has 1 N–H and O–H groups in total. The van der Waals surface area contributed by atoms with Gasteiger partial charge in [-0.05, 0) is 56.4 Å². The van der Waals surface area contributed by atoms with Crippen LogP contribution in [0, 0.1) is 11.7 Å². The van der Waals surface area contributed by atoms with Crippen LogP contribution >= 0.6 is 11.8 Å². The van der Waals surface area contributed by atoms with Crippen molar-refractivity contribution in [3.63, 3.8) is 0 Å². The first-order chi connectivity index (χ1) is 13.9. The molecule has 0 aliphatic heterocycles. The number of halogens is 1. The molecule has 158 valence electrons. The van der Waals surface area contributed by atoms with Gasteiger partial charge >= 0.3 is 0 Å². The van der Waals surface area contributed by atoms with Crippen LogP contribution in [0.4, 0.5) is 4.39 Å². The van der Waals surface area contributed by atoms with Gasteiger partial charge in [-0.1, -0.05) is 18.7 Å². The van der Waals surface area contributed by atoms with Crippen LogP contribution in [0.2, 0.25) is 0 Å². The number of thioether (sulfide) groups is 1. The van der Waals surface area contributed by atoms with Crippen LogP contribution in [-0.4, -0.2) is 58.5 Å². The lowest BCUT2D eigenvalue weighted by atomic mass is 10.2. The summed E-state index contributed by atoms with van der Waals surface area (Å²) in [5.41, 5.74) is 0.804. The summed E-state index contributed by atoms with van der Waals surface area (Å²) in [5, 5.41) is 9.44. The molecule has 1 amide bonds. The van der Waals surface area contributed by atoms with Gasteiger partial charge in [0.1, 0.15) is 11.9 Å². The summed E-state index contributed by atoms with van der Waals surface area (Å²) in [5.74, 6) is 1.67. The van der Waals surface area contributed by atoms with E-state index < -0.39 is 0 Å². The van der Waals surface area contributed by atoms with E-state index in [1.54, 1.807) is 12.1 Å². The van der Waals surface area contributed by atoms with E-state index in [9.17, 15) is 9.18 Å². The lowest BCUT2D eigenvalue weighted by molar-refractivity contribution is -0.890. The predicted octanol–water partition coefficient (Wildman–Crippen LogP) is 2.35. The third-order valence-corrected chi connectivity index (χ3v) is 6.26. The molecule has 0 bridgehead atoms. The Labute approximate surface area is 176 Å². The number of nitrogens with zero attached hydrogens (tertiary/aromatic N) is 4. The highest BCUT2D eigenvalue weighted by Gasteiger charge is 2.27. The fraction of sp³-hybridized carbons (Fsp3) is 0.571. The minimum Gasteiger partial charge on any atom is -0.342 e. The molecule has 0 spiro atoms. The van der Waals surface area contributed by atoms with Gasteiger partial charge in [0, 0.05) is 18.8 Å². The van der Waals surface area contributed by atoms with Crippen LogP contribution in [-0.2, 0) is 4.79 Å². The molecule has 0 radical (unpaired) electrons. The zero-order chi connectivity index (χ0) is 21.0. The van der Waals surface area contributed by atoms with Gasteiger partial charge in [-0.2, -0.15) is 0 Å². The number of quaternary nitrogens is 1. The molecular weight excluding hydrogens is 389 g/mol. The van der Waals surface area contributed by atoms with Crippen molar-refractivity contribution in [2.75, 3.05) is 32.9 Å². The average Bonchev–Trinajstić information content (AvgIpc) is 3.42. The highest BCUT2D eigenvalue weighted by molar-refractivity contribution is 7.99. The summed E-state index contributed by atoms with van der Waals surface area (Å²) < 4.78 is 15.4. The molecule has 1 aliphatic carbocycles. The number of hydrogen-bond acceptors (Lipinski definition) is 4. The second-order valence-electron chi connectivity index (χ2n) is 8.02. The molecule has 8 heteroatoms. The van der Waals surface area contributed by atoms with Gasteiger partial charge in [-0.3, -0.25) is 9.36 Å². The summed E-state index contributed by atoms with van der Waals surface area (Å²) in [7, 11) is 4.12. The van der Waals surface area contributed by atoms with Crippen LogP contribution < -0.4 is 4.90 Å². The number of carbonyl (C=O) groups is 1. The third-order valence-electron chi connectivity index (χ3n) is 5.34. The molecule has 1 aromatic heterocycles. The van der Waals surface area contributed by atoms with E-state index in [1.165, 1.54) is 41.6 Å². The van der Waals surface area contributed by atoms with E-state index >= 15 is 0 Å². The van der Waals surface area contributed by atoms with Gasteiger partial charge in [0.05, 0.1) is 19.8 Å². The van der Waals surface area contributed by atoms with E-state index in [1.807, 2.05) is 9.47 Å². The first-order valence-corrected chi connectivity index (χ1v) is 11.3. The third kappa shape index (κ3) is 5.57. The van der Waals surface area contributed by atoms with Gasteiger partial charge in [-0.25, -0.2) is 4.39 Å². The maximum atomic E-state index is 13.4. The van der Waals surface area contributed by atoms with E-state index in [4.69, 9.17) is 0 Å². The second kappa shape index (κ2) is 9.71. The Morgan fingerprint density at radius 2 is 2.00 bits per heavy atom. The summed E-state index contributed by atoms with van der Waals surface area (Å²) in [6, 6.07) is 6.42. The van der Waals surface area contributed by atoms with Gasteiger partial charge in [0.2, 0.25) is 5.91 Å². The topological polar surface area (TPSA) is 55.5 Å². The Morgan fingerprint density at radius 1 is 1.31 bits per heavy atom.